The molecule has 3 rings (SSSR count). The second-order valence-corrected chi connectivity index (χ2v) is 4.77. The quantitative estimate of drug-likeness (QED) is 0.851. The van der Waals surface area contributed by atoms with E-state index in [9.17, 15) is 0 Å². The maximum atomic E-state index is 4.62. The average Bonchev–Trinajstić information content (AvgIpc) is 2.76. The monoisotopic (exact) mass is 242 g/mol. The molecule has 1 aliphatic heterocycles. The zero-order valence-corrected chi connectivity index (χ0v) is 10.4. The first-order valence-electron chi connectivity index (χ1n) is 6.64. The molecular formula is C14H18N4. The van der Waals surface area contributed by atoms with Crippen molar-refractivity contribution in [2.45, 2.75) is 31.7 Å². The number of H-pyrrole nitrogens is 1. The van der Waals surface area contributed by atoms with Gasteiger partial charge in [0.25, 0.3) is 0 Å². The van der Waals surface area contributed by atoms with Gasteiger partial charge >= 0.3 is 0 Å². The highest BCUT2D eigenvalue weighted by Crippen LogP contribution is 2.22. The van der Waals surface area contributed by atoms with Crippen LogP contribution >= 0.6 is 0 Å². The van der Waals surface area contributed by atoms with Crippen molar-refractivity contribution in [1.29, 1.82) is 0 Å². The Morgan fingerprint density at radius 2 is 1.94 bits per heavy atom. The van der Waals surface area contributed by atoms with Crippen LogP contribution in [0.3, 0.4) is 0 Å². The maximum Gasteiger partial charge on any atom is 0.181 e. The minimum atomic E-state index is 0.331. The van der Waals surface area contributed by atoms with Crippen molar-refractivity contribution >= 4 is 0 Å². The lowest BCUT2D eigenvalue weighted by molar-refractivity contribution is 0.509. The molecule has 0 radical (unpaired) electrons. The third kappa shape index (κ3) is 2.43. The number of aromatic amines is 1. The highest BCUT2D eigenvalue weighted by molar-refractivity contribution is 5.53. The van der Waals surface area contributed by atoms with E-state index < -0.39 is 0 Å². The Kier molecular flexibility index (Phi) is 3.37. The molecule has 1 aromatic heterocycles. The van der Waals surface area contributed by atoms with Gasteiger partial charge < -0.3 is 5.32 Å². The van der Waals surface area contributed by atoms with Gasteiger partial charge in [-0.2, -0.15) is 5.10 Å². The topological polar surface area (TPSA) is 53.6 Å². The Morgan fingerprint density at radius 3 is 2.83 bits per heavy atom. The summed E-state index contributed by atoms with van der Waals surface area (Å²) < 4.78 is 0. The summed E-state index contributed by atoms with van der Waals surface area (Å²) in [5, 5.41) is 10.9. The molecule has 2 N–H and O–H groups in total. The molecule has 4 heteroatoms. The summed E-state index contributed by atoms with van der Waals surface area (Å²) in [6.07, 6.45) is 4.97. The molecule has 0 bridgehead atoms. The summed E-state index contributed by atoms with van der Waals surface area (Å²) in [6.45, 7) is 1.08. The van der Waals surface area contributed by atoms with Crippen molar-refractivity contribution in [3.8, 4) is 11.4 Å². The van der Waals surface area contributed by atoms with E-state index in [2.05, 4.69) is 20.5 Å². The van der Waals surface area contributed by atoms with Crippen molar-refractivity contribution in [1.82, 2.24) is 20.5 Å². The van der Waals surface area contributed by atoms with E-state index in [4.69, 9.17) is 0 Å². The Hall–Kier alpha value is -1.68. The second kappa shape index (κ2) is 5.31. The Labute approximate surface area is 107 Å². The number of benzene rings is 1. The second-order valence-electron chi connectivity index (χ2n) is 4.77. The lowest BCUT2D eigenvalue weighted by atomic mass is 10.1. The highest BCUT2D eigenvalue weighted by Gasteiger charge is 2.17. The number of nitrogens with zero attached hydrogens (tertiary/aromatic N) is 2. The summed E-state index contributed by atoms with van der Waals surface area (Å²) >= 11 is 0. The lowest BCUT2D eigenvalue weighted by Gasteiger charge is -2.11. The summed E-state index contributed by atoms with van der Waals surface area (Å²) in [5.41, 5.74) is 1.06. The molecule has 1 aromatic carbocycles. The summed E-state index contributed by atoms with van der Waals surface area (Å²) in [7, 11) is 0. The predicted molar refractivity (Wildman–Crippen MR) is 71.0 cm³/mol. The molecule has 0 aliphatic carbocycles. The van der Waals surface area contributed by atoms with Crippen LogP contribution < -0.4 is 5.32 Å². The van der Waals surface area contributed by atoms with Crippen LogP contribution in [0.5, 0.6) is 0 Å². The van der Waals surface area contributed by atoms with Gasteiger partial charge in [-0.15, -0.1) is 0 Å². The van der Waals surface area contributed by atoms with Gasteiger partial charge in [-0.3, -0.25) is 5.10 Å². The van der Waals surface area contributed by atoms with Gasteiger partial charge in [0.1, 0.15) is 5.82 Å². The Balaban J connectivity index is 1.80. The van der Waals surface area contributed by atoms with Crippen LogP contribution in [0.1, 0.15) is 37.5 Å². The van der Waals surface area contributed by atoms with Crippen LogP contribution in [0.2, 0.25) is 0 Å². The van der Waals surface area contributed by atoms with Crippen LogP contribution in [0.4, 0.5) is 0 Å². The lowest BCUT2D eigenvalue weighted by Crippen LogP contribution is -2.21. The van der Waals surface area contributed by atoms with Crippen molar-refractivity contribution in [3.05, 3.63) is 36.2 Å². The van der Waals surface area contributed by atoms with E-state index in [0.717, 1.165) is 30.2 Å². The highest BCUT2D eigenvalue weighted by atomic mass is 15.2. The SMILES string of the molecule is c1ccc(-c2n[nH]c(C3CCCCCN3)n2)cc1. The minimum Gasteiger partial charge on any atom is -0.307 e. The molecule has 2 heterocycles. The fourth-order valence-electron chi connectivity index (χ4n) is 2.41. The molecule has 1 unspecified atom stereocenters. The molecule has 2 aromatic rings. The third-order valence-electron chi connectivity index (χ3n) is 3.43. The maximum absolute atomic E-state index is 4.62. The molecule has 1 atom stereocenters. The van der Waals surface area contributed by atoms with Crippen LogP contribution in [-0.2, 0) is 0 Å². The first-order chi connectivity index (χ1) is 8.93. The van der Waals surface area contributed by atoms with Crippen LogP contribution in [0, 0.1) is 0 Å². The summed E-state index contributed by atoms with van der Waals surface area (Å²) in [5.74, 6) is 1.76. The molecule has 1 aliphatic rings. The molecule has 0 amide bonds. The minimum absolute atomic E-state index is 0.331. The summed E-state index contributed by atoms with van der Waals surface area (Å²) in [6, 6.07) is 10.4. The van der Waals surface area contributed by atoms with Crippen LogP contribution in [-0.4, -0.2) is 21.7 Å². The largest absolute Gasteiger partial charge is 0.307 e. The van der Waals surface area contributed by atoms with Gasteiger partial charge in [-0.25, -0.2) is 4.98 Å². The normalized spacial score (nSPS) is 20.6. The van der Waals surface area contributed by atoms with Crippen molar-refractivity contribution in [3.63, 3.8) is 0 Å². The predicted octanol–water partition coefficient (Wildman–Crippen LogP) is 2.68. The number of nitrogens with one attached hydrogen (secondary N) is 2. The first kappa shape index (κ1) is 11.4. The van der Waals surface area contributed by atoms with Gasteiger partial charge in [0.15, 0.2) is 5.82 Å². The van der Waals surface area contributed by atoms with Gasteiger partial charge in [-0.1, -0.05) is 43.2 Å². The van der Waals surface area contributed by atoms with Gasteiger partial charge in [0.2, 0.25) is 0 Å². The summed E-state index contributed by atoms with van der Waals surface area (Å²) in [4.78, 5) is 4.62. The standard InChI is InChI=1S/C14H18N4/c1-3-7-11(8-4-1)13-16-14(18-17-13)12-9-5-2-6-10-15-12/h1,3-4,7-8,12,15H,2,5-6,9-10H2,(H,16,17,18). The fourth-order valence-corrected chi connectivity index (χ4v) is 2.41. The van der Waals surface area contributed by atoms with Gasteiger partial charge in [-0.05, 0) is 19.4 Å². The molecule has 4 nitrogen and oxygen atoms in total. The van der Waals surface area contributed by atoms with E-state index in [0.29, 0.717) is 6.04 Å². The van der Waals surface area contributed by atoms with E-state index in [1.54, 1.807) is 0 Å². The van der Waals surface area contributed by atoms with E-state index >= 15 is 0 Å². The van der Waals surface area contributed by atoms with Crippen LogP contribution in [0.15, 0.2) is 30.3 Å². The van der Waals surface area contributed by atoms with Gasteiger partial charge in [0, 0.05) is 5.56 Å². The smallest absolute Gasteiger partial charge is 0.181 e. The molecule has 0 spiro atoms. The fraction of sp³-hybridized carbons (Fsp3) is 0.429. The first-order valence-corrected chi connectivity index (χ1v) is 6.64. The van der Waals surface area contributed by atoms with E-state index in [1.165, 1.54) is 19.3 Å². The van der Waals surface area contributed by atoms with Gasteiger partial charge in [0.05, 0.1) is 6.04 Å². The van der Waals surface area contributed by atoms with Crippen molar-refractivity contribution in [2.75, 3.05) is 6.54 Å². The van der Waals surface area contributed by atoms with Crippen molar-refractivity contribution in [2.24, 2.45) is 0 Å². The molecule has 94 valence electrons. The number of hydrogen-bond donors (Lipinski definition) is 2. The van der Waals surface area contributed by atoms with Crippen molar-refractivity contribution < 1.29 is 0 Å². The molecule has 0 saturated carbocycles. The zero-order chi connectivity index (χ0) is 12.2. The zero-order valence-electron chi connectivity index (χ0n) is 10.4. The van der Waals surface area contributed by atoms with E-state index in [-0.39, 0.29) is 0 Å². The Morgan fingerprint density at radius 1 is 1.06 bits per heavy atom. The number of hydrogen-bond acceptors (Lipinski definition) is 3. The van der Waals surface area contributed by atoms with E-state index in [1.807, 2.05) is 30.3 Å². The number of aromatic nitrogens is 3. The number of rotatable bonds is 2. The molecule has 1 saturated heterocycles. The molecular weight excluding hydrogens is 224 g/mol. The average molecular weight is 242 g/mol. The third-order valence-corrected chi connectivity index (χ3v) is 3.43. The molecule has 18 heavy (non-hydrogen) atoms. The Bertz CT molecular complexity index is 484. The molecule has 1 fully saturated rings. The van der Waals surface area contributed by atoms with Crippen LogP contribution in [0.25, 0.3) is 11.4 Å².